The molecule has 0 fully saturated rings. The van der Waals surface area contributed by atoms with Crippen LogP contribution in [0.25, 0.3) is 0 Å². The number of anilines is 1. The predicted octanol–water partition coefficient (Wildman–Crippen LogP) is 2.58. The lowest BCUT2D eigenvalue weighted by molar-refractivity contribution is 0.250. The van der Waals surface area contributed by atoms with E-state index in [0.29, 0.717) is 0 Å². The molecule has 0 spiro atoms. The van der Waals surface area contributed by atoms with E-state index in [-0.39, 0.29) is 6.03 Å². The molecule has 0 radical (unpaired) electrons. The summed E-state index contributed by atoms with van der Waals surface area (Å²) in [6.07, 6.45) is 0. The Morgan fingerprint density at radius 3 is 2.50 bits per heavy atom. The minimum absolute atomic E-state index is 0.239. The summed E-state index contributed by atoms with van der Waals surface area (Å²) in [5.41, 5.74) is 2.42. The Morgan fingerprint density at radius 1 is 1.25 bits per heavy atom. The summed E-state index contributed by atoms with van der Waals surface area (Å²) in [5, 5.41) is 6.88. The number of hydrogen-bond acceptors (Lipinski definition) is 2. The van der Waals surface area contributed by atoms with E-state index in [0.717, 1.165) is 17.1 Å². The molecule has 4 nitrogen and oxygen atoms in total. The number of aromatic nitrogens is 2. The van der Waals surface area contributed by atoms with Crippen LogP contribution in [0.1, 0.15) is 11.4 Å². The Labute approximate surface area is 93.9 Å². The second-order valence-corrected chi connectivity index (χ2v) is 3.64. The van der Waals surface area contributed by atoms with Gasteiger partial charge in [0.25, 0.3) is 0 Å². The van der Waals surface area contributed by atoms with Crippen molar-refractivity contribution in [3.63, 3.8) is 0 Å². The molecule has 0 bridgehead atoms. The highest BCUT2D eigenvalue weighted by atomic mass is 16.2. The summed E-state index contributed by atoms with van der Waals surface area (Å²) < 4.78 is 1.36. The van der Waals surface area contributed by atoms with Crippen molar-refractivity contribution in [2.45, 2.75) is 13.8 Å². The van der Waals surface area contributed by atoms with E-state index in [9.17, 15) is 4.79 Å². The highest BCUT2D eigenvalue weighted by Crippen LogP contribution is 2.07. The van der Waals surface area contributed by atoms with Crippen LogP contribution >= 0.6 is 0 Å². The minimum Gasteiger partial charge on any atom is -0.306 e. The number of rotatable bonds is 1. The molecule has 4 heteroatoms. The van der Waals surface area contributed by atoms with Gasteiger partial charge in [0.2, 0.25) is 0 Å². The molecule has 1 amide bonds. The van der Waals surface area contributed by atoms with Crippen molar-refractivity contribution < 1.29 is 4.79 Å². The van der Waals surface area contributed by atoms with Crippen molar-refractivity contribution in [2.75, 3.05) is 5.32 Å². The summed E-state index contributed by atoms with van der Waals surface area (Å²) in [5.74, 6) is 0. The van der Waals surface area contributed by atoms with Crippen molar-refractivity contribution in [1.82, 2.24) is 9.78 Å². The molecule has 0 saturated heterocycles. The van der Waals surface area contributed by atoms with Crippen LogP contribution in [0.5, 0.6) is 0 Å². The first-order valence-corrected chi connectivity index (χ1v) is 5.06. The van der Waals surface area contributed by atoms with Crippen molar-refractivity contribution in [1.29, 1.82) is 0 Å². The Bertz CT molecular complexity index is 502. The van der Waals surface area contributed by atoms with Crippen LogP contribution in [0.15, 0.2) is 36.4 Å². The van der Waals surface area contributed by atoms with Gasteiger partial charge in [-0.05, 0) is 32.0 Å². The number of carbonyl (C=O) groups is 1. The molecule has 2 aromatic rings. The van der Waals surface area contributed by atoms with Crippen LogP contribution in [-0.2, 0) is 0 Å². The molecule has 16 heavy (non-hydrogen) atoms. The van der Waals surface area contributed by atoms with Crippen molar-refractivity contribution in [3.05, 3.63) is 47.8 Å². The molecule has 1 aromatic carbocycles. The highest BCUT2D eigenvalue weighted by Gasteiger charge is 2.09. The van der Waals surface area contributed by atoms with E-state index in [2.05, 4.69) is 10.4 Å². The number of para-hydroxylation sites is 1. The van der Waals surface area contributed by atoms with Crippen LogP contribution in [-0.4, -0.2) is 15.8 Å². The van der Waals surface area contributed by atoms with Gasteiger partial charge in [-0.25, -0.2) is 4.79 Å². The van der Waals surface area contributed by atoms with Crippen LogP contribution in [0, 0.1) is 13.8 Å². The first kappa shape index (κ1) is 10.4. The zero-order valence-corrected chi connectivity index (χ0v) is 9.27. The van der Waals surface area contributed by atoms with E-state index in [1.165, 1.54) is 4.68 Å². The van der Waals surface area contributed by atoms with Gasteiger partial charge in [-0.3, -0.25) is 0 Å². The topological polar surface area (TPSA) is 46.9 Å². The molecule has 0 unspecified atom stereocenters. The molecule has 0 aliphatic rings. The molecule has 1 aromatic heterocycles. The molecule has 0 aliphatic heterocycles. The predicted molar refractivity (Wildman–Crippen MR) is 62.6 cm³/mol. The lowest BCUT2D eigenvalue weighted by Gasteiger charge is -2.05. The summed E-state index contributed by atoms with van der Waals surface area (Å²) in [6, 6.07) is 10.9. The van der Waals surface area contributed by atoms with Gasteiger partial charge < -0.3 is 5.32 Å². The van der Waals surface area contributed by atoms with Crippen molar-refractivity contribution in [2.24, 2.45) is 0 Å². The number of hydrogen-bond donors (Lipinski definition) is 1. The fourth-order valence-electron chi connectivity index (χ4n) is 1.53. The molecular formula is C12H13N3O. The van der Waals surface area contributed by atoms with Gasteiger partial charge in [0.05, 0.1) is 5.69 Å². The molecule has 1 heterocycles. The average Bonchev–Trinajstić information content (AvgIpc) is 2.59. The second-order valence-electron chi connectivity index (χ2n) is 3.64. The first-order valence-electron chi connectivity index (χ1n) is 5.06. The molecule has 0 saturated carbocycles. The van der Waals surface area contributed by atoms with Crippen molar-refractivity contribution in [3.8, 4) is 0 Å². The lowest BCUT2D eigenvalue weighted by atomic mass is 10.3. The van der Waals surface area contributed by atoms with Gasteiger partial charge in [-0.2, -0.15) is 9.78 Å². The fraction of sp³-hybridized carbons (Fsp3) is 0.167. The zero-order chi connectivity index (χ0) is 11.5. The Hall–Kier alpha value is -2.10. The number of nitrogens with one attached hydrogen (secondary N) is 1. The third-order valence-electron chi connectivity index (χ3n) is 2.23. The normalized spacial score (nSPS) is 10.1. The van der Waals surface area contributed by atoms with E-state index in [1.807, 2.05) is 50.2 Å². The average molecular weight is 215 g/mol. The summed E-state index contributed by atoms with van der Waals surface area (Å²) in [6.45, 7) is 3.71. The third kappa shape index (κ3) is 2.11. The zero-order valence-electron chi connectivity index (χ0n) is 9.27. The van der Waals surface area contributed by atoms with Crippen LogP contribution < -0.4 is 5.32 Å². The van der Waals surface area contributed by atoms with Gasteiger partial charge in [0.15, 0.2) is 0 Å². The number of carbonyl (C=O) groups excluding carboxylic acids is 1. The van der Waals surface area contributed by atoms with Crippen LogP contribution in [0.2, 0.25) is 0 Å². The lowest BCUT2D eigenvalue weighted by Crippen LogP contribution is -2.21. The quantitative estimate of drug-likeness (QED) is 0.794. The van der Waals surface area contributed by atoms with Gasteiger partial charge in [0, 0.05) is 11.4 Å². The smallest absolute Gasteiger partial charge is 0.306 e. The van der Waals surface area contributed by atoms with E-state index in [1.54, 1.807) is 0 Å². The highest BCUT2D eigenvalue weighted by molar-refractivity contribution is 5.90. The number of amides is 1. The maximum absolute atomic E-state index is 11.8. The summed E-state index contributed by atoms with van der Waals surface area (Å²) >= 11 is 0. The summed E-state index contributed by atoms with van der Waals surface area (Å²) in [7, 11) is 0. The maximum Gasteiger partial charge on any atom is 0.346 e. The number of nitrogens with zero attached hydrogens (tertiary/aromatic N) is 2. The Balaban J connectivity index is 2.18. The van der Waals surface area contributed by atoms with E-state index >= 15 is 0 Å². The maximum atomic E-state index is 11.8. The molecule has 0 aliphatic carbocycles. The van der Waals surface area contributed by atoms with E-state index < -0.39 is 0 Å². The molecule has 82 valence electrons. The fourth-order valence-corrected chi connectivity index (χ4v) is 1.53. The Kier molecular flexibility index (Phi) is 2.72. The van der Waals surface area contributed by atoms with Gasteiger partial charge >= 0.3 is 6.03 Å². The number of aryl methyl sites for hydroxylation is 2. The number of benzene rings is 1. The van der Waals surface area contributed by atoms with Gasteiger partial charge in [-0.15, -0.1) is 0 Å². The van der Waals surface area contributed by atoms with Crippen LogP contribution in [0.3, 0.4) is 0 Å². The van der Waals surface area contributed by atoms with E-state index in [4.69, 9.17) is 0 Å². The summed E-state index contributed by atoms with van der Waals surface area (Å²) in [4.78, 5) is 11.8. The monoisotopic (exact) mass is 215 g/mol. The van der Waals surface area contributed by atoms with Crippen LogP contribution in [0.4, 0.5) is 10.5 Å². The molecule has 1 N–H and O–H groups in total. The molecular weight excluding hydrogens is 202 g/mol. The SMILES string of the molecule is Cc1cc(C)n(C(=O)Nc2ccccc2)n1. The van der Waals surface area contributed by atoms with Crippen molar-refractivity contribution >= 4 is 11.7 Å². The molecule has 2 rings (SSSR count). The standard InChI is InChI=1S/C12H13N3O/c1-9-8-10(2)15(14-9)12(16)13-11-6-4-3-5-7-11/h3-8H,1-2H3,(H,13,16). The second kappa shape index (κ2) is 4.18. The van der Waals surface area contributed by atoms with Gasteiger partial charge in [-0.1, -0.05) is 18.2 Å². The molecule has 0 atom stereocenters. The third-order valence-corrected chi connectivity index (χ3v) is 2.23. The minimum atomic E-state index is -0.239. The van der Waals surface area contributed by atoms with Gasteiger partial charge in [0.1, 0.15) is 0 Å². The Morgan fingerprint density at radius 2 is 1.94 bits per heavy atom. The largest absolute Gasteiger partial charge is 0.346 e. The first-order chi connectivity index (χ1) is 7.66.